The summed E-state index contributed by atoms with van der Waals surface area (Å²) in [5.74, 6) is 1.55. The number of rotatable bonds is 4. The Hall–Kier alpha value is -2.21. The van der Waals surface area contributed by atoms with Gasteiger partial charge in [-0.25, -0.2) is 4.68 Å². The molecule has 1 aromatic carbocycles. The van der Waals surface area contributed by atoms with E-state index in [1.54, 1.807) is 10.9 Å². The maximum Gasteiger partial charge on any atom is 0.171 e. The summed E-state index contributed by atoms with van der Waals surface area (Å²) < 4.78 is 8.35. The summed E-state index contributed by atoms with van der Waals surface area (Å²) >= 11 is 3.40. The van der Waals surface area contributed by atoms with Crippen molar-refractivity contribution in [2.45, 2.75) is 6.54 Å². The number of nitrogens with zero attached hydrogens (tertiary/aromatic N) is 3. The Morgan fingerprint density at radius 1 is 1.20 bits per heavy atom. The molecule has 0 spiro atoms. The topological polar surface area (TPSA) is 60.9 Å². The van der Waals surface area contributed by atoms with Crippen molar-refractivity contribution >= 4 is 22.2 Å². The molecule has 0 aliphatic heterocycles. The van der Waals surface area contributed by atoms with Gasteiger partial charge in [-0.2, -0.15) is 0 Å². The number of hydrogen-bond acceptors (Lipinski definition) is 4. The Bertz CT molecular complexity index is 731. The molecule has 3 aromatic rings. The molecule has 0 atom stereocenters. The van der Waals surface area contributed by atoms with Gasteiger partial charge in [-0.05, 0) is 24.3 Å². The number of carbonyl (C=O) groups is 1. The van der Waals surface area contributed by atoms with E-state index in [0.29, 0.717) is 18.5 Å². The van der Waals surface area contributed by atoms with Gasteiger partial charge in [0, 0.05) is 10.0 Å². The molecule has 2 aromatic heterocycles. The number of halogens is 1. The van der Waals surface area contributed by atoms with Crippen LogP contribution in [0.2, 0.25) is 0 Å². The Morgan fingerprint density at radius 3 is 2.70 bits per heavy atom. The number of aldehydes is 1. The number of aromatic nitrogens is 3. The fourth-order valence-electron chi connectivity index (χ4n) is 1.84. The summed E-state index contributed by atoms with van der Waals surface area (Å²) in [5.41, 5.74) is 1.32. The predicted octanol–water partition coefficient (Wildman–Crippen LogP) is 3.16. The van der Waals surface area contributed by atoms with Gasteiger partial charge in [0.05, 0.1) is 6.20 Å². The summed E-state index contributed by atoms with van der Waals surface area (Å²) in [6.07, 6.45) is 2.24. The van der Waals surface area contributed by atoms with Gasteiger partial charge in [0.2, 0.25) is 0 Å². The van der Waals surface area contributed by atoms with E-state index in [2.05, 4.69) is 26.2 Å². The van der Waals surface area contributed by atoms with E-state index >= 15 is 0 Å². The molecule has 0 radical (unpaired) electrons. The fourth-order valence-corrected chi connectivity index (χ4v) is 2.10. The van der Waals surface area contributed by atoms with Gasteiger partial charge in [0.15, 0.2) is 6.29 Å². The quantitative estimate of drug-likeness (QED) is 0.689. The van der Waals surface area contributed by atoms with Crippen LogP contribution in [0.4, 0.5) is 0 Å². The van der Waals surface area contributed by atoms with E-state index in [0.717, 1.165) is 21.6 Å². The monoisotopic (exact) mass is 331 g/mol. The first-order chi connectivity index (χ1) is 9.74. The molecule has 0 fully saturated rings. The highest BCUT2D eigenvalue weighted by atomic mass is 79.9. The number of carbonyl (C=O) groups excluding carboxylic acids is 1. The maximum absolute atomic E-state index is 10.5. The Morgan fingerprint density at radius 2 is 2.00 bits per heavy atom. The van der Waals surface area contributed by atoms with Crippen molar-refractivity contribution in [1.29, 1.82) is 0 Å². The second-order valence-electron chi connectivity index (χ2n) is 4.23. The molecule has 0 amide bonds. The lowest BCUT2D eigenvalue weighted by Crippen LogP contribution is -1.98. The summed E-state index contributed by atoms with van der Waals surface area (Å²) in [5, 5.41) is 7.55. The molecule has 0 N–H and O–H groups in total. The summed E-state index contributed by atoms with van der Waals surface area (Å²) in [6, 6.07) is 11.7. The zero-order valence-corrected chi connectivity index (χ0v) is 11.9. The van der Waals surface area contributed by atoms with Gasteiger partial charge < -0.3 is 4.42 Å². The van der Waals surface area contributed by atoms with Gasteiger partial charge in [0.25, 0.3) is 0 Å². The molecule has 0 aliphatic carbocycles. The van der Waals surface area contributed by atoms with Crippen LogP contribution in [-0.2, 0) is 6.54 Å². The third kappa shape index (κ3) is 2.70. The molecule has 6 heteroatoms. The summed E-state index contributed by atoms with van der Waals surface area (Å²) in [7, 11) is 0. The number of benzene rings is 1. The van der Waals surface area contributed by atoms with Crippen molar-refractivity contribution in [3.05, 3.63) is 58.5 Å². The molecule has 0 unspecified atom stereocenters. The van der Waals surface area contributed by atoms with Crippen molar-refractivity contribution in [1.82, 2.24) is 15.0 Å². The lowest BCUT2D eigenvalue weighted by Gasteiger charge is -1.98. The van der Waals surface area contributed by atoms with E-state index in [-0.39, 0.29) is 0 Å². The van der Waals surface area contributed by atoms with Crippen molar-refractivity contribution in [3.63, 3.8) is 0 Å². The molecule has 100 valence electrons. The van der Waals surface area contributed by atoms with Crippen LogP contribution < -0.4 is 0 Å². The largest absolute Gasteiger partial charge is 0.459 e. The van der Waals surface area contributed by atoms with E-state index in [1.807, 2.05) is 36.4 Å². The van der Waals surface area contributed by atoms with E-state index in [4.69, 9.17) is 4.42 Å². The molecule has 0 aliphatic rings. The number of hydrogen-bond donors (Lipinski definition) is 0. The summed E-state index contributed by atoms with van der Waals surface area (Å²) in [4.78, 5) is 10.5. The minimum atomic E-state index is 0.310. The summed E-state index contributed by atoms with van der Waals surface area (Å²) in [6.45, 7) is 0.442. The first-order valence-corrected chi connectivity index (χ1v) is 6.74. The molecular weight excluding hydrogens is 322 g/mol. The van der Waals surface area contributed by atoms with Crippen LogP contribution in [0, 0.1) is 0 Å². The lowest BCUT2D eigenvalue weighted by atomic mass is 10.2. The Kier molecular flexibility index (Phi) is 3.47. The maximum atomic E-state index is 10.5. The third-order valence-corrected chi connectivity index (χ3v) is 3.31. The second kappa shape index (κ2) is 5.42. The van der Waals surface area contributed by atoms with Crippen LogP contribution in [-0.4, -0.2) is 21.3 Å². The van der Waals surface area contributed by atoms with Crippen LogP contribution in [0.1, 0.15) is 16.2 Å². The highest BCUT2D eigenvalue weighted by Gasteiger charge is 2.07. The molecule has 0 saturated carbocycles. The molecule has 0 saturated heterocycles. The van der Waals surface area contributed by atoms with E-state index < -0.39 is 0 Å². The highest BCUT2D eigenvalue weighted by Crippen LogP contribution is 2.24. The van der Waals surface area contributed by atoms with Gasteiger partial charge in [-0.1, -0.05) is 33.3 Å². The lowest BCUT2D eigenvalue weighted by molar-refractivity contribution is 0.111. The first kappa shape index (κ1) is 12.8. The van der Waals surface area contributed by atoms with Crippen molar-refractivity contribution in [3.8, 4) is 11.3 Å². The molecular formula is C14H10BrN3O2. The van der Waals surface area contributed by atoms with Crippen LogP contribution in [0.3, 0.4) is 0 Å². The van der Waals surface area contributed by atoms with Crippen molar-refractivity contribution in [2.24, 2.45) is 0 Å². The fraction of sp³-hybridized carbons (Fsp3) is 0.0714. The minimum Gasteiger partial charge on any atom is -0.459 e. The second-order valence-corrected chi connectivity index (χ2v) is 5.15. The van der Waals surface area contributed by atoms with Crippen molar-refractivity contribution < 1.29 is 9.21 Å². The normalized spacial score (nSPS) is 10.7. The van der Waals surface area contributed by atoms with Gasteiger partial charge in [-0.15, -0.1) is 5.10 Å². The molecule has 5 nitrogen and oxygen atoms in total. The zero-order chi connectivity index (χ0) is 13.9. The van der Waals surface area contributed by atoms with Crippen LogP contribution in [0.15, 0.2) is 51.5 Å². The smallest absolute Gasteiger partial charge is 0.171 e. The van der Waals surface area contributed by atoms with E-state index in [9.17, 15) is 4.79 Å². The SMILES string of the molecule is O=Cc1cn(Cc2ccc(-c3ccc(Br)cc3)o2)nn1. The molecule has 20 heavy (non-hydrogen) atoms. The number of furan rings is 1. The highest BCUT2D eigenvalue weighted by molar-refractivity contribution is 9.10. The average Bonchev–Trinajstić information content (AvgIpc) is 3.09. The third-order valence-electron chi connectivity index (χ3n) is 2.79. The van der Waals surface area contributed by atoms with Crippen LogP contribution in [0.25, 0.3) is 11.3 Å². The van der Waals surface area contributed by atoms with Crippen LogP contribution in [0.5, 0.6) is 0 Å². The average molecular weight is 332 g/mol. The Labute approximate surface area is 123 Å². The van der Waals surface area contributed by atoms with E-state index in [1.165, 1.54) is 0 Å². The van der Waals surface area contributed by atoms with Crippen molar-refractivity contribution in [2.75, 3.05) is 0 Å². The van der Waals surface area contributed by atoms with Gasteiger partial charge in [0.1, 0.15) is 23.8 Å². The predicted molar refractivity (Wildman–Crippen MR) is 76.4 cm³/mol. The molecule has 0 bridgehead atoms. The minimum absolute atomic E-state index is 0.310. The van der Waals surface area contributed by atoms with Gasteiger partial charge >= 0.3 is 0 Å². The standard InChI is InChI=1S/C14H10BrN3O2/c15-11-3-1-10(2-4-11)14-6-5-13(20-14)8-18-7-12(9-19)16-17-18/h1-7,9H,8H2. The Balaban J connectivity index is 1.79. The molecule has 3 rings (SSSR count). The first-order valence-electron chi connectivity index (χ1n) is 5.94. The zero-order valence-electron chi connectivity index (χ0n) is 10.4. The van der Waals surface area contributed by atoms with Crippen LogP contribution >= 0.6 is 15.9 Å². The van der Waals surface area contributed by atoms with Gasteiger partial charge in [-0.3, -0.25) is 4.79 Å². The molecule has 2 heterocycles.